The van der Waals surface area contributed by atoms with Gasteiger partial charge in [0.1, 0.15) is 30.1 Å². The summed E-state index contributed by atoms with van der Waals surface area (Å²) in [6.45, 7) is 1.46. The van der Waals surface area contributed by atoms with Crippen LogP contribution in [0.5, 0.6) is 5.75 Å². The van der Waals surface area contributed by atoms with Crippen LogP contribution in [0.4, 0.5) is 0 Å². The Kier molecular flexibility index (Phi) is 5.02. The fourth-order valence-electron chi connectivity index (χ4n) is 2.93. The molecule has 0 spiro atoms. The summed E-state index contributed by atoms with van der Waals surface area (Å²) < 4.78 is 22.0. The Morgan fingerprint density at radius 2 is 1.96 bits per heavy atom. The van der Waals surface area contributed by atoms with E-state index in [1.807, 2.05) is 0 Å². The minimum atomic E-state index is -1.32. The van der Waals surface area contributed by atoms with Crippen LogP contribution in [-0.2, 0) is 19.0 Å². The Morgan fingerprint density at radius 3 is 2.58 bits per heavy atom. The van der Waals surface area contributed by atoms with Crippen LogP contribution in [-0.4, -0.2) is 60.5 Å². The largest absolute Gasteiger partial charge is 0.497 e. The number of aliphatic hydroxyl groups excluding tert-OH is 2. The number of hydrogen-bond acceptors (Lipinski definition) is 7. The Bertz CT molecular complexity index is 578. The van der Waals surface area contributed by atoms with Gasteiger partial charge in [-0.1, -0.05) is 12.1 Å². The van der Waals surface area contributed by atoms with Crippen molar-refractivity contribution >= 4 is 5.91 Å². The number of methoxy groups -OCH3 is 1. The van der Waals surface area contributed by atoms with Crippen LogP contribution in [0.1, 0.15) is 18.8 Å². The monoisotopic (exact) mass is 339 g/mol. The Balaban J connectivity index is 1.73. The third-order valence-corrected chi connectivity index (χ3v) is 4.14. The van der Waals surface area contributed by atoms with Crippen LogP contribution >= 0.6 is 0 Å². The minimum Gasteiger partial charge on any atom is -0.497 e. The van der Waals surface area contributed by atoms with Gasteiger partial charge in [-0.3, -0.25) is 4.79 Å². The van der Waals surface area contributed by atoms with E-state index >= 15 is 0 Å². The lowest BCUT2D eigenvalue weighted by atomic mass is 9.96. The zero-order valence-electron chi connectivity index (χ0n) is 13.4. The molecule has 0 aliphatic carbocycles. The van der Waals surface area contributed by atoms with Gasteiger partial charge in [-0.2, -0.15) is 0 Å². The molecule has 2 heterocycles. The lowest BCUT2D eigenvalue weighted by Crippen LogP contribution is -2.66. The highest BCUT2D eigenvalue weighted by atomic mass is 16.7. The summed E-state index contributed by atoms with van der Waals surface area (Å²) in [6.07, 6.45) is -4.47. The van der Waals surface area contributed by atoms with E-state index in [0.29, 0.717) is 5.75 Å². The molecule has 0 radical (unpaired) electrons. The van der Waals surface area contributed by atoms with Crippen molar-refractivity contribution in [1.82, 2.24) is 5.32 Å². The molecule has 3 rings (SSSR count). The highest BCUT2D eigenvalue weighted by Gasteiger charge is 2.49. The lowest BCUT2D eigenvalue weighted by Gasteiger charge is -2.46. The molecule has 2 aliphatic rings. The summed E-state index contributed by atoms with van der Waals surface area (Å²) in [5.41, 5.74) is 0.767. The maximum Gasteiger partial charge on any atom is 0.217 e. The van der Waals surface area contributed by atoms with Crippen molar-refractivity contribution in [2.24, 2.45) is 0 Å². The van der Waals surface area contributed by atoms with E-state index in [1.165, 1.54) is 6.92 Å². The third-order valence-electron chi connectivity index (χ3n) is 4.14. The van der Waals surface area contributed by atoms with Crippen molar-refractivity contribution in [3.8, 4) is 5.75 Å². The Morgan fingerprint density at radius 1 is 1.25 bits per heavy atom. The zero-order valence-corrected chi connectivity index (χ0v) is 13.4. The normalized spacial score (nSPS) is 35.8. The number of ether oxygens (including phenoxy) is 4. The van der Waals surface area contributed by atoms with Gasteiger partial charge in [0.15, 0.2) is 12.6 Å². The fourth-order valence-corrected chi connectivity index (χ4v) is 2.93. The van der Waals surface area contributed by atoms with Crippen molar-refractivity contribution in [2.75, 3.05) is 13.7 Å². The number of hydrogen-bond donors (Lipinski definition) is 3. The van der Waals surface area contributed by atoms with Gasteiger partial charge in [-0.25, -0.2) is 0 Å². The number of aliphatic hydroxyl groups is 2. The highest BCUT2D eigenvalue weighted by molar-refractivity contribution is 5.73. The molecule has 1 aromatic carbocycles. The summed E-state index contributed by atoms with van der Waals surface area (Å²) in [7, 11) is 1.58. The molecular formula is C16H21NO7. The lowest BCUT2D eigenvalue weighted by molar-refractivity contribution is -0.337. The first-order chi connectivity index (χ1) is 11.5. The second-order valence-electron chi connectivity index (χ2n) is 5.82. The van der Waals surface area contributed by atoms with Crippen molar-refractivity contribution in [3.05, 3.63) is 29.8 Å². The van der Waals surface area contributed by atoms with Gasteiger partial charge in [0.25, 0.3) is 0 Å². The summed E-state index contributed by atoms with van der Waals surface area (Å²) in [4.78, 5) is 11.2. The SMILES string of the molecule is COc1ccc(C2OC[C@H]3O[C@@H](O)[C@@H](NC(C)=O)[C@H](O)[C@H]3O2)cc1. The first kappa shape index (κ1) is 17.1. The third kappa shape index (κ3) is 3.38. The van der Waals surface area contributed by atoms with E-state index < -0.39 is 36.9 Å². The molecule has 2 aliphatic heterocycles. The van der Waals surface area contributed by atoms with E-state index in [-0.39, 0.29) is 12.5 Å². The molecule has 1 unspecified atom stereocenters. The van der Waals surface area contributed by atoms with Gasteiger partial charge >= 0.3 is 0 Å². The second-order valence-corrected chi connectivity index (χ2v) is 5.82. The van der Waals surface area contributed by atoms with Crippen LogP contribution in [0.2, 0.25) is 0 Å². The van der Waals surface area contributed by atoms with Crippen molar-refractivity contribution in [2.45, 2.75) is 43.9 Å². The average Bonchev–Trinajstić information content (AvgIpc) is 2.58. The number of carbonyl (C=O) groups is 1. The predicted octanol–water partition coefficient (Wildman–Crippen LogP) is -0.308. The van der Waals surface area contributed by atoms with Gasteiger partial charge in [0.2, 0.25) is 5.91 Å². The van der Waals surface area contributed by atoms with E-state index in [0.717, 1.165) is 5.56 Å². The molecule has 1 amide bonds. The van der Waals surface area contributed by atoms with Crippen LogP contribution < -0.4 is 10.1 Å². The van der Waals surface area contributed by atoms with Crippen LogP contribution in [0.25, 0.3) is 0 Å². The fraction of sp³-hybridized carbons (Fsp3) is 0.562. The second kappa shape index (κ2) is 7.04. The zero-order chi connectivity index (χ0) is 17.3. The van der Waals surface area contributed by atoms with Crippen LogP contribution in [0, 0.1) is 0 Å². The first-order valence-electron chi connectivity index (χ1n) is 7.69. The molecule has 6 atom stereocenters. The summed E-state index contributed by atoms with van der Waals surface area (Å²) in [5, 5.41) is 22.9. The molecule has 24 heavy (non-hydrogen) atoms. The molecule has 2 fully saturated rings. The Hall–Kier alpha value is -1.71. The van der Waals surface area contributed by atoms with E-state index in [2.05, 4.69) is 5.32 Å². The summed E-state index contributed by atoms with van der Waals surface area (Å²) in [5.74, 6) is 0.334. The highest BCUT2D eigenvalue weighted by Crippen LogP contribution is 2.34. The number of nitrogens with one attached hydrogen (secondary N) is 1. The number of amides is 1. The van der Waals surface area contributed by atoms with E-state index in [1.54, 1.807) is 31.4 Å². The van der Waals surface area contributed by atoms with E-state index in [4.69, 9.17) is 18.9 Å². The predicted molar refractivity (Wildman–Crippen MR) is 81.1 cm³/mol. The maximum atomic E-state index is 11.2. The van der Waals surface area contributed by atoms with Crippen LogP contribution in [0.3, 0.4) is 0 Å². The number of carbonyl (C=O) groups excluding carboxylic acids is 1. The molecule has 0 bridgehead atoms. The maximum absolute atomic E-state index is 11.2. The molecule has 0 saturated carbocycles. The first-order valence-corrected chi connectivity index (χ1v) is 7.69. The van der Waals surface area contributed by atoms with Gasteiger partial charge < -0.3 is 34.5 Å². The molecule has 0 aromatic heterocycles. The van der Waals surface area contributed by atoms with Gasteiger partial charge in [0, 0.05) is 12.5 Å². The van der Waals surface area contributed by atoms with Crippen molar-refractivity contribution in [3.63, 3.8) is 0 Å². The smallest absolute Gasteiger partial charge is 0.217 e. The Labute approximate surface area is 139 Å². The average molecular weight is 339 g/mol. The summed E-state index contributed by atoms with van der Waals surface area (Å²) >= 11 is 0. The standard InChI is InChI=1S/C16H21NO7/c1-8(18)17-12-13(19)14-11(23-15(12)20)7-22-16(24-14)9-3-5-10(21-2)6-4-9/h3-6,11-16,19-20H,7H2,1-2H3,(H,17,18)/t11-,12+,13+,14+,15-,16?/m1/s1. The van der Waals surface area contributed by atoms with Gasteiger partial charge in [-0.15, -0.1) is 0 Å². The number of benzene rings is 1. The van der Waals surface area contributed by atoms with E-state index in [9.17, 15) is 15.0 Å². The summed E-state index contributed by atoms with van der Waals surface area (Å²) in [6, 6.07) is 6.22. The number of rotatable bonds is 3. The van der Waals surface area contributed by atoms with Gasteiger partial charge in [-0.05, 0) is 12.1 Å². The van der Waals surface area contributed by atoms with Crippen molar-refractivity contribution < 1.29 is 34.0 Å². The molecule has 1 aromatic rings. The van der Waals surface area contributed by atoms with Gasteiger partial charge in [0.05, 0.1) is 13.7 Å². The molecular weight excluding hydrogens is 318 g/mol. The molecule has 8 nitrogen and oxygen atoms in total. The topological polar surface area (TPSA) is 106 Å². The quantitative estimate of drug-likeness (QED) is 0.694. The molecule has 8 heteroatoms. The molecule has 2 saturated heterocycles. The molecule has 3 N–H and O–H groups in total. The number of fused-ring (bicyclic) bond motifs is 1. The minimum absolute atomic E-state index is 0.155. The van der Waals surface area contributed by atoms with Crippen LogP contribution in [0.15, 0.2) is 24.3 Å². The van der Waals surface area contributed by atoms with Crippen molar-refractivity contribution in [1.29, 1.82) is 0 Å². The molecule has 132 valence electrons.